The van der Waals surface area contributed by atoms with E-state index in [9.17, 15) is 4.79 Å². The molecule has 14 heavy (non-hydrogen) atoms. The molecule has 76 valence electrons. The summed E-state index contributed by atoms with van der Waals surface area (Å²) in [5.41, 5.74) is 1.21. The third-order valence-electron chi connectivity index (χ3n) is 2.54. The average molecular weight is 211 g/mol. The predicted octanol–water partition coefficient (Wildman–Crippen LogP) is 2.22. The lowest BCUT2D eigenvalue weighted by Gasteiger charge is -2.26. The molecule has 1 aromatic heterocycles. The maximum atomic E-state index is 10.8. The fraction of sp³-hybridized carbons (Fsp3) is 0.500. The molecule has 1 aromatic rings. The SMILES string of the molecule is CCN1CCCc2cc(C(=O)O)sc21. The zero-order valence-electron chi connectivity index (χ0n) is 8.12. The lowest BCUT2D eigenvalue weighted by Crippen LogP contribution is -2.27. The van der Waals surface area contributed by atoms with Crippen LogP contribution in [0.5, 0.6) is 0 Å². The summed E-state index contributed by atoms with van der Waals surface area (Å²) in [6, 6.07) is 1.82. The topological polar surface area (TPSA) is 40.5 Å². The molecule has 0 aromatic carbocycles. The van der Waals surface area contributed by atoms with Crippen molar-refractivity contribution in [1.29, 1.82) is 0 Å². The van der Waals surface area contributed by atoms with Gasteiger partial charge >= 0.3 is 5.97 Å². The molecular weight excluding hydrogens is 198 g/mol. The number of anilines is 1. The van der Waals surface area contributed by atoms with Crippen molar-refractivity contribution in [2.45, 2.75) is 19.8 Å². The zero-order valence-corrected chi connectivity index (χ0v) is 8.93. The summed E-state index contributed by atoms with van der Waals surface area (Å²) in [5.74, 6) is -0.805. The maximum Gasteiger partial charge on any atom is 0.345 e. The molecule has 3 nitrogen and oxygen atoms in total. The van der Waals surface area contributed by atoms with E-state index >= 15 is 0 Å². The molecule has 0 atom stereocenters. The van der Waals surface area contributed by atoms with Crippen LogP contribution in [-0.4, -0.2) is 24.2 Å². The third-order valence-corrected chi connectivity index (χ3v) is 3.77. The lowest BCUT2D eigenvalue weighted by molar-refractivity contribution is 0.0702. The average Bonchev–Trinajstić information content (AvgIpc) is 2.60. The number of carbonyl (C=O) groups is 1. The lowest BCUT2D eigenvalue weighted by atomic mass is 10.1. The number of nitrogens with zero attached hydrogens (tertiary/aromatic N) is 1. The Morgan fingerprint density at radius 1 is 1.71 bits per heavy atom. The second kappa shape index (κ2) is 3.61. The Bertz CT molecular complexity index is 359. The summed E-state index contributed by atoms with van der Waals surface area (Å²) in [6.45, 7) is 4.13. The fourth-order valence-electron chi connectivity index (χ4n) is 1.83. The second-order valence-electron chi connectivity index (χ2n) is 3.43. The minimum Gasteiger partial charge on any atom is -0.477 e. The number of carboxylic acid groups (broad SMARTS) is 1. The minimum atomic E-state index is -0.805. The summed E-state index contributed by atoms with van der Waals surface area (Å²) in [7, 11) is 0. The molecule has 0 amide bonds. The number of aryl methyl sites for hydroxylation is 1. The molecule has 1 aliphatic rings. The molecule has 1 N–H and O–H groups in total. The Labute approximate surface area is 87.0 Å². The van der Waals surface area contributed by atoms with E-state index in [0.717, 1.165) is 30.9 Å². The summed E-state index contributed by atoms with van der Waals surface area (Å²) in [6.07, 6.45) is 2.16. The summed E-state index contributed by atoms with van der Waals surface area (Å²) in [4.78, 5) is 13.5. The summed E-state index contributed by atoms with van der Waals surface area (Å²) >= 11 is 1.40. The van der Waals surface area contributed by atoms with Crippen LogP contribution in [0, 0.1) is 0 Å². The van der Waals surface area contributed by atoms with E-state index in [-0.39, 0.29) is 0 Å². The molecule has 2 heterocycles. The molecular formula is C10H13NO2S. The van der Waals surface area contributed by atoms with E-state index in [1.165, 1.54) is 16.9 Å². The van der Waals surface area contributed by atoms with E-state index in [0.29, 0.717) is 4.88 Å². The number of hydrogen-bond donors (Lipinski definition) is 1. The first-order valence-electron chi connectivity index (χ1n) is 4.83. The first-order valence-corrected chi connectivity index (χ1v) is 5.65. The number of thiophene rings is 1. The minimum absolute atomic E-state index is 0.468. The van der Waals surface area contributed by atoms with Crippen LogP contribution < -0.4 is 4.90 Å². The van der Waals surface area contributed by atoms with Crippen molar-refractivity contribution in [3.05, 3.63) is 16.5 Å². The Hall–Kier alpha value is -1.03. The number of hydrogen-bond acceptors (Lipinski definition) is 3. The number of fused-ring (bicyclic) bond motifs is 1. The van der Waals surface area contributed by atoms with E-state index in [1.807, 2.05) is 6.07 Å². The highest BCUT2D eigenvalue weighted by molar-refractivity contribution is 7.18. The molecule has 0 saturated carbocycles. The van der Waals surface area contributed by atoms with Crippen molar-refractivity contribution in [3.8, 4) is 0 Å². The standard InChI is InChI=1S/C10H13NO2S/c1-2-11-5-3-4-7-6-8(10(12)13)14-9(7)11/h6H,2-5H2,1H3,(H,12,13). The highest BCUT2D eigenvalue weighted by atomic mass is 32.1. The van der Waals surface area contributed by atoms with Crippen LogP contribution >= 0.6 is 11.3 Å². The predicted molar refractivity (Wildman–Crippen MR) is 57.5 cm³/mol. The molecule has 0 radical (unpaired) electrons. The Balaban J connectivity index is 2.38. The van der Waals surface area contributed by atoms with Gasteiger partial charge in [0.05, 0.1) is 5.00 Å². The highest BCUT2D eigenvalue weighted by Gasteiger charge is 2.20. The van der Waals surface area contributed by atoms with Gasteiger partial charge in [-0.2, -0.15) is 0 Å². The van der Waals surface area contributed by atoms with Crippen molar-refractivity contribution in [3.63, 3.8) is 0 Å². The van der Waals surface area contributed by atoms with Crippen molar-refractivity contribution in [1.82, 2.24) is 0 Å². The van der Waals surface area contributed by atoms with Crippen LogP contribution in [0.2, 0.25) is 0 Å². The summed E-state index contributed by atoms with van der Waals surface area (Å²) in [5, 5.41) is 10.0. The highest BCUT2D eigenvalue weighted by Crippen LogP contribution is 2.35. The Morgan fingerprint density at radius 3 is 3.14 bits per heavy atom. The molecule has 4 heteroatoms. The van der Waals surface area contributed by atoms with Crippen LogP contribution in [0.15, 0.2) is 6.07 Å². The van der Waals surface area contributed by atoms with E-state index in [1.54, 1.807) is 0 Å². The van der Waals surface area contributed by atoms with E-state index in [4.69, 9.17) is 5.11 Å². The summed E-state index contributed by atoms with van der Waals surface area (Å²) < 4.78 is 0. The van der Waals surface area contributed by atoms with Crippen LogP contribution in [0.1, 0.15) is 28.6 Å². The normalized spacial score (nSPS) is 15.4. The first-order chi connectivity index (χ1) is 6.72. The Kier molecular flexibility index (Phi) is 2.46. The van der Waals surface area contributed by atoms with Gasteiger partial charge in [0.2, 0.25) is 0 Å². The van der Waals surface area contributed by atoms with E-state index < -0.39 is 5.97 Å². The Morgan fingerprint density at radius 2 is 2.50 bits per heavy atom. The van der Waals surface area contributed by atoms with Crippen LogP contribution in [-0.2, 0) is 6.42 Å². The van der Waals surface area contributed by atoms with Gasteiger partial charge in [-0.3, -0.25) is 0 Å². The van der Waals surface area contributed by atoms with Gasteiger partial charge in [-0.05, 0) is 31.4 Å². The van der Waals surface area contributed by atoms with Gasteiger partial charge in [0.1, 0.15) is 4.88 Å². The molecule has 0 fully saturated rings. The van der Waals surface area contributed by atoms with E-state index in [2.05, 4.69) is 11.8 Å². The van der Waals surface area contributed by atoms with Crippen LogP contribution in [0.25, 0.3) is 0 Å². The van der Waals surface area contributed by atoms with Crippen molar-refractivity contribution in [2.75, 3.05) is 18.0 Å². The molecule has 0 saturated heterocycles. The number of aromatic carboxylic acids is 1. The van der Waals surface area contributed by atoms with Gasteiger partial charge in [0, 0.05) is 13.1 Å². The van der Waals surface area contributed by atoms with Gasteiger partial charge in [0.15, 0.2) is 0 Å². The van der Waals surface area contributed by atoms with Crippen molar-refractivity contribution in [2.24, 2.45) is 0 Å². The van der Waals surface area contributed by atoms with Crippen molar-refractivity contribution >= 4 is 22.3 Å². The molecule has 0 bridgehead atoms. The largest absolute Gasteiger partial charge is 0.477 e. The van der Waals surface area contributed by atoms with Crippen LogP contribution in [0.3, 0.4) is 0 Å². The third kappa shape index (κ3) is 1.50. The monoisotopic (exact) mass is 211 g/mol. The fourth-order valence-corrected chi connectivity index (χ4v) is 2.97. The van der Waals surface area contributed by atoms with Gasteiger partial charge in [-0.1, -0.05) is 0 Å². The van der Waals surface area contributed by atoms with Gasteiger partial charge in [-0.15, -0.1) is 11.3 Å². The first kappa shape index (κ1) is 9.52. The smallest absolute Gasteiger partial charge is 0.345 e. The molecule has 2 rings (SSSR count). The molecule has 0 aliphatic carbocycles. The molecule has 0 unspecified atom stereocenters. The van der Waals surface area contributed by atoms with Crippen molar-refractivity contribution < 1.29 is 9.90 Å². The van der Waals surface area contributed by atoms with Gasteiger partial charge < -0.3 is 10.0 Å². The van der Waals surface area contributed by atoms with Gasteiger partial charge in [-0.25, -0.2) is 4.79 Å². The number of rotatable bonds is 2. The van der Waals surface area contributed by atoms with Gasteiger partial charge in [0.25, 0.3) is 0 Å². The van der Waals surface area contributed by atoms with Crippen LogP contribution in [0.4, 0.5) is 5.00 Å². The second-order valence-corrected chi connectivity index (χ2v) is 4.46. The molecule has 1 aliphatic heterocycles. The molecule has 0 spiro atoms. The maximum absolute atomic E-state index is 10.8. The zero-order chi connectivity index (χ0) is 10.1. The quantitative estimate of drug-likeness (QED) is 0.815. The number of carboxylic acids is 1.